The number of amides is 1. The Bertz CT molecular complexity index is 857. The molecule has 0 saturated heterocycles. The SMILES string of the molecule is COc1c(C)cccc1C(=O)NC(=S)Nc1ccc(Cl)c([N+](=O)[O-])c1. The molecule has 7 nitrogen and oxygen atoms in total. The van der Waals surface area contributed by atoms with Crippen molar-refractivity contribution in [3.8, 4) is 5.75 Å². The molecule has 9 heteroatoms. The minimum absolute atomic E-state index is 0.00909. The van der Waals surface area contributed by atoms with Gasteiger partial charge in [0.05, 0.1) is 17.6 Å². The highest BCUT2D eigenvalue weighted by Gasteiger charge is 2.16. The Hall–Kier alpha value is -2.71. The number of nitrogens with one attached hydrogen (secondary N) is 2. The van der Waals surface area contributed by atoms with Gasteiger partial charge in [0.1, 0.15) is 10.8 Å². The maximum Gasteiger partial charge on any atom is 0.289 e. The van der Waals surface area contributed by atoms with Gasteiger partial charge in [0, 0.05) is 11.8 Å². The van der Waals surface area contributed by atoms with Gasteiger partial charge in [-0.3, -0.25) is 20.2 Å². The van der Waals surface area contributed by atoms with Crippen LogP contribution in [0.15, 0.2) is 36.4 Å². The second kappa shape index (κ2) is 7.91. The van der Waals surface area contributed by atoms with Crippen molar-refractivity contribution in [2.75, 3.05) is 12.4 Å². The zero-order valence-corrected chi connectivity index (χ0v) is 14.9. The van der Waals surface area contributed by atoms with Crippen molar-refractivity contribution in [1.82, 2.24) is 5.32 Å². The predicted molar refractivity (Wildman–Crippen MR) is 99.5 cm³/mol. The van der Waals surface area contributed by atoms with Crippen LogP contribution < -0.4 is 15.4 Å². The van der Waals surface area contributed by atoms with Crippen molar-refractivity contribution in [3.63, 3.8) is 0 Å². The smallest absolute Gasteiger partial charge is 0.289 e. The fraction of sp³-hybridized carbons (Fsp3) is 0.125. The van der Waals surface area contributed by atoms with E-state index in [1.807, 2.05) is 13.0 Å². The van der Waals surface area contributed by atoms with Crippen LogP contribution in [-0.4, -0.2) is 23.1 Å². The van der Waals surface area contributed by atoms with Crippen LogP contribution in [0.1, 0.15) is 15.9 Å². The Labute approximate surface area is 154 Å². The number of nitro benzene ring substituents is 1. The minimum atomic E-state index is -0.604. The lowest BCUT2D eigenvalue weighted by Gasteiger charge is -2.13. The van der Waals surface area contributed by atoms with Gasteiger partial charge in [0.15, 0.2) is 5.11 Å². The van der Waals surface area contributed by atoms with Gasteiger partial charge in [-0.1, -0.05) is 23.7 Å². The second-order valence-corrected chi connectivity index (χ2v) is 5.80. The molecular formula is C16H14ClN3O4S. The van der Waals surface area contributed by atoms with Crippen molar-refractivity contribution >= 4 is 46.2 Å². The molecule has 130 valence electrons. The van der Waals surface area contributed by atoms with Crippen LogP contribution in [-0.2, 0) is 0 Å². The molecule has 1 amide bonds. The average Bonchev–Trinajstić information content (AvgIpc) is 2.55. The molecule has 2 N–H and O–H groups in total. The molecule has 0 unspecified atom stereocenters. The van der Waals surface area contributed by atoms with E-state index in [2.05, 4.69) is 10.6 Å². The number of carbonyl (C=O) groups is 1. The van der Waals surface area contributed by atoms with Crippen molar-refractivity contribution < 1.29 is 14.5 Å². The number of nitro groups is 1. The monoisotopic (exact) mass is 379 g/mol. The van der Waals surface area contributed by atoms with Crippen LogP contribution in [0.2, 0.25) is 5.02 Å². The van der Waals surface area contributed by atoms with Gasteiger partial charge in [-0.25, -0.2) is 0 Å². The summed E-state index contributed by atoms with van der Waals surface area (Å²) in [5.74, 6) is -0.00792. The molecule has 0 aromatic heterocycles. The van der Waals surface area contributed by atoms with E-state index < -0.39 is 10.8 Å². The van der Waals surface area contributed by atoms with Crippen LogP contribution >= 0.6 is 23.8 Å². The molecule has 0 atom stereocenters. The number of carbonyl (C=O) groups excluding carboxylic acids is 1. The lowest BCUT2D eigenvalue weighted by atomic mass is 10.1. The molecule has 0 heterocycles. The van der Waals surface area contributed by atoms with Crippen molar-refractivity contribution in [1.29, 1.82) is 0 Å². The molecule has 0 fully saturated rings. The first kappa shape index (κ1) is 18.6. The number of rotatable bonds is 4. The Balaban J connectivity index is 2.13. The quantitative estimate of drug-likeness (QED) is 0.478. The lowest BCUT2D eigenvalue weighted by molar-refractivity contribution is -0.384. The molecular weight excluding hydrogens is 366 g/mol. The predicted octanol–water partition coefficient (Wildman–Crippen LogP) is 3.69. The van der Waals surface area contributed by atoms with E-state index in [-0.39, 0.29) is 15.8 Å². The zero-order valence-electron chi connectivity index (χ0n) is 13.3. The topological polar surface area (TPSA) is 93.5 Å². The first-order valence-corrected chi connectivity index (χ1v) is 7.82. The number of nitrogens with zero attached hydrogens (tertiary/aromatic N) is 1. The van der Waals surface area contributed by atoms with Crippen LogP contribution in [0.25, 0.3) is 0 Å². The number of benzene rings is 2. The van der Waals surface area contributed by atoms with Crippen molar-refractivity contribution in [2.45, 2.75) is 6.92 Å². The number of hydrogen-bond acceptors (Lipinski definition) is 5. The highest BCUT2D eigenvalue weighted by Crippen LogP contribution is 2.27. The van der Waals surface area contributed by atoms with Crippen molar-refractivity contribution in [2.24, 2.45) is 0 Å². The van der Waals surface area contributed by atoms with Gasteiger partial charge in [-0.05, 0) is 42.9 Å². The summed E-state index contributed by atoms with van der Waals surface area (Å²) in [7, 11) is 1.47. The molecule has 25 heavy (non-hydrogen) atoms. The molecule has 0 radical (unpaired) electrons. The number of halogens is 1. The molecule has 2 aromatic rings. The number of para-hydroxylation sites is 1. The van der Waals surface area contributed by atoms with E-state index >= 15 is 0 Å². The first-order chi connectivity index (χ1) is 11.8. The largest absolute Gasteiger partial charge is 0.496 e. The fourth-order valence-corrected chi connectivity index (χ4v) is 2.56. The third-order valence-corrected chi connectivity index (χ3v) is 3.81. The molecule has 0 saturated carbocycles. The van der Waals surface area contributed by atoms with Gasteiger partial charge in [0.25, 0.3) is 11.6 Å². The molecule has 0 bridgehead atoms. The van der Waals surface area contributed by atoms with E-state index in [1.54, 1.807) is 12.1 Å². The summed E-state index contributed by atoms with van der Waals surface area (Å²) >= 11 is 10.8. The summed E-state index contributed by atoms with van der Waals surface area (Å²) in [6.45, 7) is 1.82. The van der Waals surface area contributed by atoms with Gasteiger partial charge in [-0.2, -0.15) is 0 Å². The van der Waals surface area contributed by atoms with E-state index in [0.29, 0.717) is 17.0 Å². The van der Waals surface area contributed by atoms with Crippen LogP contribution in [0, 0.1) is 17.0 Å². The molecule has 0 aliphatic rings. The van der Waals surface area contributed by atoms with E-state index in [4.69, 9.17) is 28.6 Å². The van der Waals surface area contributed by atoms with Crippen LogP contribution in [0.3, 0.4) is 0 Å². The van der Waals surface area contributed by atoms with Gasteiger partial charge in [0.2, 0.25) is 0 Å². The third-order valence-electron chi connectivity index (χ3n) is 3.29. The number of anilines is 1. The van der Waals surface area contributed by atoms with Crippen molar-refractivity contribution in [3.05, 3.63) is 62.7 Å². The highest BCUT2D eigenvalue weighted by molar-refractivity contribution is 7.80. The van der Waals surface area contributed by atoms with Gasteiger partial charge in [-0.15, -0.1) is 0 Å². The Kier molecular flexibility index (Phi) is 5.89. The van der Waals surface area contributed by atoms with Crippen LogP contribution in [0.4, 0.5) is 11.4 Å². The van der Waals surface area contributed by atoms with E-state index in [0.717, 1.165) is 5.56 Å². The average molecular weight is 380 g/mol. The molecule has 0 aliphatic heterocycles. The number of methoxy groups -OCH3 is 1. The fourth-order valence-electron chi connectivity index (χ4n) is 2.17. The summed E-state index contributed by atoms with van der Waals surface area (Å²) in [4.78, 5) is 22.7. The normalized spacial score (nSPS) is 10.0. The highest BCUT2D eigenvalue weighted by atomic mass is 35.5. The van der Waals surface area contributed by atoms with Crippen LogP contribution in [0.5, 0.6) is 5.75 Å². The third kappa shape index (κ3) is 4.43. The number of aryl methyl sites for hydroxylation is 1. The summed E-state index contributed by atoms with van der Waals surface area (Å²) in [5.41, 5.74) is 1.20. The molecule has 0 spiro atoms. The first-order valence-electron chi connectivity index (χ1n) is 7.03. The van der Waals surface area contributed by atoms with Gasteiger partial charge >= 0.3 is 0 Å². The Morgan fingerprint density at radius 1 is 1.32 bits per heavy atom. The Morgan fingerprint density at radius 3 is 2.68 bits per heavy atom. The number of hydrogen-bond donors (Lipinski definition) is 2. The zero-order chi connectivity index (χ0) is 18.6. The van der Waals surface area contributed by atoms with Gasteiger partial charge < -0.3 is 10.1 Å². The molecule has 2 aromatic carbocycles. The standard InChI is InChI=1S/C16H14ClN3O4S/c1-9-4-3-5-11(14(9)24-2)15(21)19-16(25)18-10-6-7-12(17)13(8-10)20(22)23/h3-8H,1-2H3,(H2,18,19,21,25). The molecule has 0 aliphatic carbocycles. The summed E-state index contributed by atoms with van der Waals surface area (Å²) in [6, 6.07) is 9.27. The maximum atomic E-state index is 12.4. The molecule has 2 rings (SSSR count). The van der Waals surface area contributed by atoms with E-state index in [1.165, 1.54) is 25.3 Å². The van der Waals surface area contributed by atoms with E-state index in [9.17, 15) is 14.9 Å². The number of ether oxygens (including phenoxy) is 1. The minimum Gasteiger partial charge on any atom is -0.496 e. The summed E-state index contributed by atoms with van der Waals surface area (Å²) in [6.07, 6.45) is 0. The maximum absolute atomic E-state index is 12.4. The lowest BCUT2D eigenvalue weighted by Crippen LogP contribution is -2.34. The summed E-state index contributed by atoms with van der Waals surface area (Å²) in [5, 5.41) is 16.1. The Morgan fingerprint density at radius 2 is 2.04 bits per heavy atom. The number of thiocarbonyl (C=S) groups is 1. The second-order valence-electron chi connectivity index (χ2n) is 4.99. The summed E-state index contributed by atoms with van der Waals surface area (Å²) < 4.78 is 5.24.